The fourth-order valence-corrected chi connectivity index (χ4v) is 6.25. The number of nitrogens with zero attached hydrogens (tertiary/aromatic N) is 1. The number of esters is 1. The van der Waals surface area contributed by atoms with Crippen molar-refractivity contribution < 1.29 is 14.3 Å². The van der Waals surface area contributed by atoms with Gasteiger partial charge in [-0.3, -0.25) is 4.79 Å². The maximum Gasteiger partial charge on any atom is 0.308 e. The Kier molecular flexibility index (Phi) is 3.15. The van der Waals surface area contributed by atoms with Crippen molar-refractivity contribution in [2.24, 2.45) is 5.92 Å². The topological polar surface area (TPSA) is 38.8 Å². The van der Waals surface area contributed by atoms with Crippen molar-refractivity contribution in [1.29, 1.82) is 0 Å². The normalized spacial score (nSPS) is 35.4. The zero-order valence-electron chi connectivity index (χ0n) is 13.8. The highest BCUT2D eigenvalue weighted by Crippen LogP contribution is 2.63. The largest absolute Gasteiger partial charge is 0.485 e. The molecule has 1 unspecified atom stereocenters. The van der Waals surface area contributed by atoms with Gasteiger partial charge in [0, 0.05) is 39.9 Å². The Labute approximate surface area is 155 Å². The number of likely N-dealkylation sites (N-methyl/N-ethyl adjacent to an activating group) is 1. The van der Waals surface area contributed by atoms with E-state index in [9.17, 15) is 4.79 Å². The standard InChI is InChI=1S/C19H20INO3/c1-10(22)23-15-9-13(20)11-8-14-12-4-3-5-16-19(12,6-7-21(14)2)17(11)18(15)24-16/h3-4,9,12,14,16H,5-8H2,1-2H3/t12?,14-,16+,19-/m1/s1. The minimum atomic E-state index is -0.287. The number of rotatable bonds is 1. The lowest BCUT2D eigenvalue weighted by Crippen LogP contribution is -2.62. The van der Waals surface area contributed by atoms with E-state index in [2.05, 4.69) is 46.7 Å². The van der Waals surface area contributed by atoms with Crippen LogP contribution >= 0.6 is 22.6 Å². The SMILES string of the molecule is CC(=O)Oc1cc(I)c2c3c1O[C@H]1CC=CC4[C@@H](C2)N(C)CC[C@@]341. The van der Waals surface area contributed by atoms with E-state index in [1.54, 1.807) is 0 Å². The molecule has 1 fully saturated rings. The number of hydrogen-bond acceptors (Lipinski definition) is 4. The molecule has 0 aromatic heterocycles. The highest BCUT2D eigenvalue weighted by atomic mass is 127. The number of likely N-dealkylation sites (tertiary alicyclic amines) is 1. The van der Waals surface area contributed by atoms with Gasteiger partial charge in [0.1, 0.15) is 6.10 Å². The first kappa shape index (κ1) is 15.2. The van der Waals surface area contributed by atoms with Gasteiger partial charge in [-0.2, -0.15) is 0 Å². The molecule has 0 N–H and O–H groups in total. The summed E-state index contributed by atoms with van der Waals surface area (Å²) in [6.07, 6.45) is 7.97. The van der Waals surface area contributed by atoms with Crippen LogP contribution in [0.2, 0.25) is 0 Å². The second-order valence-corrected chi connectivity index (χ2v) is 8.63. The van der Waals surface area contributed by atoms with E-state index >= 15 is 0 Å². The molecular formula is C19H20INO3. The molecule has 4 atom stereocenters. The molecule has 0 saturated carbocycles. The number of piperidine rings is 1. The Morgan fingerprint density at radius 2 is 2.33 bits per heavy atom. The van der Waals surface area contributed by atoms with Crippen molar-refractivity contribution >= 4 is 28.6 Å². The first-order chi connectivity index (χ1) is 11.5. The number of halogens is 1. The Balaban J connectivity index is 1.79. The zero-order valence-corrected chi connectivity index (χ0v) is 16.0. The smallest absolute Gasteiger partial charge is 0.308 e. The third-order valence-corrected chi connectivity index (χ3v) is 7.38. The van der Waals surface area contributed by atoms with Gasteiger partial charge >= 0.3 is 5.97 Å². The summed E-state index contributed by atoms with van der Waals surface area (Å²) in [7, 11) is 2.25. The van der Waals surface area contributed by atoms with Gasteiger partial charge in [0.05, 0.1) is 0 Å². The van der Waals surface area contributed by atoms with Crippen LogP contribution in [0.1, 0.15) is 30.9 Å². The maximum atomic E-state index is 11.6. The summed E-state index contributed by atoms with van der Waals surface area (Å²) in [6.45, 7) is 2.55. The summed E-state index contributed by atoms with van der Waals surface area (Å²) < 4.78 is 13.2. The van der Waals surface area contributed by atoms with E-state index in [1.807, 2.05) is 6.07 Å². The predicted molar refractivity (Wildman–Crippen MR) is 98.5 cm³/mol. The molecule has 1 aromatic rings. The van der Waals surface area contributed by atoms with Gasteiger partial charge in [-0.15, -0.1) is 0 Å². The summed E-state index contributed by atoms with van der Waals surface area (Å²) in [4.78, 5) is 14.1. The maximum absolute atomic E-state index is 11.6. The van der Waals surface area contributed by atoms with E-state index in [0.29, 0.717) is 17.7 Å². The molecule has 4 aliphatic rings. The predicted octanol–water partition coefficient (Wildman–Crippen LogP) is 3.05. The highest BCUT2D eigenvalue weighted by Gasteiger charge is 2.62. The lowest BCUT2D eigenvalue weighted by atomic mass is 9.54. The lowest BCUT2D eigenvalue weighted by Gasteiger charge is -2.56. The van der Waals surface area contributed by atoms with E-state index in [1.165, 1.54) is 21.6 Å². The van der Waals surface area contributed by atoms with Gasteiger partial charge in [0.15, 0.2) is 11.5 Å². The van der Waals surface area contributed by atoms with Crippen LogP contribution in [0.5, 0.6) is 11.5 Å². The average Bonchev–Trinajstić information content (AvgIpc) is 2.86. The fraction of sp³-hybridized carbons (Fsp3) is 0.526. The van der Waals surface area contributed by atoms with Gasteiger partial charge in [-0.05, 0) is 60.7 Å². The molecule has 24 heavy (non-hydrogen) atoms. The molecule has 0 amide bonds. The monoisotopic (exact) mass is 437 g/mol. The van der Waals surface area contributed by atoms with Crippen LogP contribution in [-0.2, 0) is 16.6 Å². The molecule has 5 rings (SSSR count). The van der Waals surface area contributed by atoms with Crippen LogP contribution in [0.25, 0.3) is 0 Å². The molecule has 2 heterocycles. The first-order valence-electron chi connectivity index (χ1n) is 8.60. The van der Waals surface area contributed by atoms with Crippen molar-refractivity contribution in [1.82, 2.24) is 4.90 Å². The molecule has 1 aromatic carbocycles. The van der Waals surface area contributed by atoms with Crippen LogP contribution in [0.4, 0.5) is 0 Å². The highest BCUT2D eigenvalue weighted by molar-refractivity contribution is 14.1. The minimum absolute atomic E-state index is 0.0604. The summed E-state index contributed by atoms with van der Waals surface area (Å²) in [5.41, 5.74) is 2.81. The number of ether oxygens (including phenoxy) is 2. The molecule has 1 saturated heterocycles. The van der Waals surface area contributed by atoms with Crippen molar-refractivity contribution in [2.75, 3.05) is 13.6 Å². The van der Waals surface area contributed by atoms with Crippen molar-refractivity contribution in [3.05, 3.63) is 32.9 Å². The molecule has 1 spiro atoms. The molecule has 126 valence electrons. The van der Waals surface area contributed by atoms with Crippen LogP contribution < -0.4 is 9.47 Å². The summed E-state index contributed by atoms with van der Waals surface area (Å²) >= 11 is 2.40. The third kappa shape index (κ3) is 1.75. The molecular weight excluding hydrogens is 417 g/mol. The Hall–Kier alpha value is -1.08. The Morgan fingerprint density at radius 3 is 3.12 bits per heavy atom. The number of carbonyl (C=O) groups is 1. The van der Waals surface area contributed by atoms with Gasteiger partial charge in [0.2, 0.25) is 0 Å². The fourth-order valence-electron chi connectivity index (χ4n) is 5.47. The molecule has 0 radical (unpaired) electrons. The van der Waals surface area contributed by atoms with Crippen LogP contribution in [0.3, 0.4) is 0 Å². The second kappa shape index (κ2) is 4.97. The lowest BCUT2D eigenvalue weighted by molar-refractivity contribution is -0.132. The van der Waals surface area contributed by atoms with Gasteiger partial charge in [-0.1, -0.05) is 12.2 Å². The Bertz CT molecular complexity index is 789. The van der Waals surface area contributed by atoms with E-state index in [-0.39, 0.29) is 17.5 Å². The van der Waals surface area contributed by atoms with E-state index in [0.717, 1.165) is 31.6 Å². The first-order valence-corrected chi connectivity index (χ1v) is 9.68. The number of carbonyl (C=O) groups excluding carboxylic acids is 1. The van der Waals surface area contributed by atoms with Crippen molar-refractivity contribution in [3.63, 3.8) is 0 Å². The van der Waals surface area contributed by atoms with Crippen LogP contribution in [0.15, 0.2) is 18.2 Å². The van der Waals surface area contributed by atoms with Crippen LogP contribution in [-0.4, -0.2) is 36.6 Å². The van der Waals surface area contributed by atoms with Gasteiger partial charge < -0.3 is 14.4 Å². The third-order valence-electron chi connectivity index (χ3n) is 6.41. The summed E-state index contributed by atoms with van der Waals surface area (Å²) in [5.74, 6) is 1.64. The van der Waals surface area contributed by atoms with Gasteiger partial charge in [-0.25, -0.2) is 0 Å². The Morgan fingerprint density at radius 1 is 1.50 bits per heavy atom. The van der Waals surface area contributed by atoms with E-state index < -0.39 is 0 Å². The van der Waals surface area contributed by atoms with Gasteiger partial charge in [0.25, 0.3) is 0 Å². The van der Waals surface area contributed by atoms with Crippen molar-refractivity contribution in [3.8, 4) is 11.5 Å². The molecule has 2 aliphatic carbocycles. The average molecular weight is 437 g/mol. The second-order valence-electron chi connectivity index (χ2n) is 7.47. The molecule has 2 aliphatic heterocycles. The zero-order chi connectivity index (χ0) is 16.6. The van der Waals surface area contributed by atoms with Crippen molar-refractivity contribution in [2.45, 2.75) is 43.7 Å². The molecule has 5 heteroatoms. The summed E-state index contributed by atoms with van der Waals surface area (Å²) in [5, 5.41) is 0. The number of benzene rings is 1. The van der Waals surface area contributed by atoms with Crippen LogP contribution in [0, 0.1) is 9.49 Å². The summed E-state index contributed by atoms with van der Waals surface area (Å²) in [6, 6.07) is 2.51. The molecule has 4 nitrogen and oxygen atoms in total. The quantitative estimate of drug-likeness (QED) is 0.293. The molecule has 2 bridgehead atoms. The minimum Gasteiger partial charge on any atom is -0.485 e. The number of hydrogen-bond donors (Lipinski definition) is 0. The van der Waals surface area contributed by atoms with E-state index in [4.69, 9.17) is 9.47 Å².